The lowest BCUT2D eigenvalue weighted by molar-refractivity contribution is 0.0963. The minimum Gasteiger partial charge on any atom is -0.355 e. The molecule has 0 spiro atoms. The third kappa shape index (κ3) is 2.46. The number of halogens is 1. The number of amides is 1. The molecule has 22 heavy (non-hydrogen) atoms. The van der Waals surface area contributed by atoms with Crippen LogP contribution >= 0.6 is 0 Å². The van der Waals surface area contributed by atoms with E-state index in [2.05, 4.69) is 15.5 Å². The van der Waals surface area contributed by atoms with Crippen molar-refractivity contribution < 1.29 is 13.7 Å². The van der Waals surface area contributed by atoms with E-state index < -0.39 is 5.82 Å². The van der Waals surface area contributed by atoms with Gasteiger partial charge in [0.1, 0.15) is 5.82 Å². The number of aromatic nitrogens is 2. The van der Waals surface area contributed by atoms with Crippen molar-refractivity contribution in [3.63, 3.8) is 0 Å². The van der Waals surface area contributed by atoms with Crippen LogP contribution in [0.4, 0.5) is 4.39 Å². The lowest BCUT2D eigenvalue weighted by atomic mass is 10.1. The topological polar surface area (TPSA) is 68.0 Å². The molecule has 0 aliphatic carbocycles. The van der Waals surface area contributed by atoms with Crippen LogP contribution in [0.25, 0.3) is 22.8 Å². The van der Waals surface area contributed by atoms with Crippen molar-refractivity contribution in [2.45, 2.75) is 0 Å². The number of benzene rings is 2. The molecule has 2 aromatic carbocycles. The van der Waals surface area contributed by atoms with E-state index in [0.717, 1.165) is 0 Å². The summed E-state index contributed by atoms with van der Waals surface area (Å²) < 4.78 is 19.0. The van der Waals surface area contributed by atoms with Gasteiger partial charge in [0.2, 0.25) is 5.82 Å². The Morgan fingerprint density at radius 3 is 2.50 bits per heavy atom. The second-order valence-electron chi connectivity index (χ2n) is 4.53. The highest BCUT2D eigenvalue weighted by molar-refractivity contribution is 5.99. The Hall–Kier alpha value is -3.02. The Bertz CT molecular complexity index is 830. The van der Waals surface area contributed by atoms with E-state index in [0.29, 0.717) is 11.1 Å². The summed E-state index contributed by atoms with van der Waals surface area (Å²) in [6.45, 7) is 0. The molecule has 0 saturated carbocycles. The van der Waals surface area contributed by atoms with Gasteiger partial charge in [0.05, 0.1) is 16.7 Å². The van der Waals surface area contributed by atoms with E-state index in [1.807, 2.05) is 0 Å². The van der Waals surface area contributed by atoms with Gasteiger partial charge in [-0.3, -0.25) is 4.79 Å². The van der Waals surface area contributed by atoms with Crippen LogP contribution in [-0.4, -0.2) is 23.1 Å². The molecule has 0 aliphatic heterocycles. The second kappa shape index (κ2) is 5.77. The number of rotatable bonds is 3. The van der Waals surface area contributed by atoms with Gasteiger partial charge < -0.3 is 9.84 Å². The van der Waals surface area contributed by atoms with E-state index >= 15 is 0 Å². The molecule has 110 valence electrons. The molecule has 6 heteroatoms. The molecule has 1 heterocycles. The minimum atomic E-state index is -0.436. The molecule has 5 nitrogen and oxygen atoms in total. The van der Waals surface area contributed by atoms with Crippen LogP contribution in [0.3, 0.4) is 0 Å². The Morgan fingerprint density at radius 2 is 1.77 bits per heavy atom. The van der Waals surface area contributed by atoms with Gasteiger partial charge in [-0.2, -0.15) is 4.98 Å². The Labute approximate surface area is 125 Å². The minimum absolute atomic E-state index is 0.139. The number of hydrogen-bond donors (Lipinski definition) is 1. The smallest absolute Gasteiger partial charge is 0.259 e. The monoisotopic (exact) mass is 297 g/mol. The van der Waals surface area contributed by atoms with Crippen molar-refractivity contribution in [3.8, 4) is 22.8 Å². The highest BCUT2D eigenvalue weighted by Crippen LogP contribution is 2.26. The largest absolute Gasteiger partial charge is 0.355 e. The maximum absolute atomic E-state index is 13.8. The van der Waals surface area contributed by atoms with Gasteiger partial charge >= 0.3 is 0 Å². The molecule has 0 atom stereocenters. The van der Waals surface area contributed by atoms with Crippen molar-refractivity contribution in [1.82, 2.24) is 15.5 Å². The molecule has 1 aromatic heterocycles. The zero-order valence-corrected chi connectivity index (χ0v) is 11.7. The van der Waals surface area contributed by atoms with Crippen molar-refractivity contribution in [2.75, 3.05) is 7.05 Å². The molecule has 0 aliphatic rings. The predicted molar refractivity (Wildman–Crippen MR) is 78.5 cm³/mol. The number of hydrogen-bond acceptors (Lipinski definition) is 4. The van der Waals surface area contributed by atoms with Crippen molar-refractivity contribution in [1.29, 1.82) is 0 Å². The first kappa shape index (κ1) is 13.9. The average molecular weight is 297 g/mol. The number of carbonyl (C=O) groups is 1. The molecule has 0 saturated heterocycles. The van der Waals surface area contributed by atoms with Crippen LogP contribution < -0.4 is 5.32 Å². The molecular weight excluding hydrogens is 285 g/mol. The van der Waals surface area contributed by atoms with E-state index in [1.165, 1.54) is 13.1 Å². The Balaban J connectivity index is 2.06. The maximum atomic E-state index is 13.8. The zero-order chi connectivity index (χ0) is 15.5. The maximum Gasteiger partial charge on any atom is 0.259 e. The van der Waals surface area contributed by atoms with Gasteiger partial charge in [0.25, 0.3) is 11.8 Å². The average Bonchev–Trinajstić information content (AvgIpc) is 3.04. The summed E-state index contributed by atoms with van der Waals surface area (Å²) in [4.78, 5) is 16.1. The first-order valence-electron chi connectivity index (χ1n) is 6.61. The molecule has 0 radical (unpaired) electrons. The highest BCUT2D eigenvalue weighted by atomic mass is 19.1. The highest BCUT2D eigenvalue weighted by Gasteiger charge is 2.18. The third-order valence-electron chi connectivity index (χ3n) is 3.17. The van der Waals surface area contributed by atoms with Gasteiger partial charge in [-0.15, -0.1) is 0 Å². The SMILES string of the molecule is CNC(=O)c1ccccc1-c1nc(-c2ccccc2F)no1. The summed E-state index contributed by atoms with van der Waals surface area (Å²) in [5.41, 5.74) is 1.15. The molecule has 0 unspecified atom stereocenters. The fraction of sp³-hybridized carbons (Fsp3) is 0.0625. The number of nitrogens with one attached hydrogen (secondary N) is 1. The van der Waals surface area contributed by atoms with Gasteiger partial charge in [0.15, 0.2) is 0 Å². The summed E-state index contributed by atoms with van der Waals surface area (Å²) >= 11 is 0. The normalized spacial score (nSPS) is 10.5. The van der Waals surface area contributed by atoms with Crippen LogP contribution in [0.2, 0.25) is 0 Å². The van der Waals surface area contributed by atoms with Crippen molar-refractivity contribution in [3.05, 3.63) is 59.9 Å². The Kier molecular flexibility index (Phi) is 3.65. The standard InChI is InChI=1S/C16H12FN3O2/c1-18-15(21)10-6-2-3-7-11(10)16-19-14(20-22-16)12-8-4-5-9-13(12)17/h2-9H,1H3,(H,18,21). The third-order valence-corrected chi connectivity index (χ3v) is 3.17. The molecule has 0 fully saturated rings. The quantitative estimate of drug-likeness (QED) is 0.807. The van der Waals surface area contributed by atoms with Gasteiger partial charge in [-0.25, -0.2) is 4.39 Å². The van der Waals surface area contributed by atoms with Crippen LogP contribution in [0, 0.1) is 5.82 Å². The molecule has 3 aromatic rings. The first-order chi connectivity index (χ1) is 10.7. The summed E-state index contributed by atoms with van der Waals surface area (Å²) in [7, 11) is 1.54. The van der Waals surface area contributed by atoms with E-state index in [-0.39, 0.29) is 23.2 Å². The second-order valence-corrected chi connectivity index (χ2v) is 4.53. The predicted octanol–water partition coefficient (Wildman–Crippen LogP) is 2.90. The summed E-state index contributed by atoms with van der Waals surface area (Å²) in [5, 5.41) is 6.34. The summed E-state index contributed by atoms with van der Waals surface area (Å²) in [5.74, 6) is -0.395. The Morgan fingerprint density at radius 1 is 1.09 bits per heavy atom. The zero-order valence-electron chi connectivity index (χ0n) is 11.7. The first-order valence-corrected chi connectivity index (χ1v) is 6.61. The van der Waals surface area contributed by atoms with E-state index in [4.69, 9.17) is 4.52 Å². The van der Waals surface area contributed by atoms with Gasteiger partial charge in [-0.1, -0.05) is 29.4 Å². The molecule has 1 amide bonds. The van der Waals surface area contributed by atoms with Crippen LogP contribution in [-0.2, 0) is 0 Å². The summed E-state index contributed by atoms with van der Waals surface area (Å²) in [6, 6.07) is 13.0. The number of nitrogens with zero attached hydrogens (tertiary/aromatic N) is 2. The van der Waals surface area contributed by atoms with Crippen LogP contribution in [0.1, 0.15) is 10.4 Å². The van der Waals surface area contributed by atoms with E-state index in [1.54, 1.807) is 42.5 Å². The lowest BCUT2D eigenvalue weighted by Crippen LogP contribution is -2.18. The van der Waals surface area contributed by atoms with Crippen LogP contribution in [0.5, 0.6) is 0 Å². The van der Waals surface area contributed by atoms with Gasteiger partial charge in [-0.05, 0) is 24.3 Å². The molecular formula is C16H12FN3O2. The van der Waals surface area contributed by atoms with Gasteiger partial charge in [0, 0.05) is 7.05 Å². The lowest BCUT2D eigenvalue weighted by Gasteiger charge is -2.03. The van der Waals surface area contributed by atoms with Crippen molar-refractivity contribution in [2.24, 2.45) is 0 Å². The molecule has 3 rings (SSSR count). The van der Waals surface area contributed by atoms with E-state index in [9.17, 15) is 9.18 Å². The van der Waals surface area contributed by atoms with Crippen LogP contribution in [0.15, 0.2) is 53.1 Å². The summed E-state index contributed by atoms with van der Waals surface area (Å²) in [6.07, 6.45) is 0. The number of carbonyl (C=O) groups excluding carboxylic acids is 1. The fourth-order valence-corrected chi connectivity index (χ4v) is 2.09. The van der Waals surface area contributed by atoms with Crippen molar-refractivity contribution >= 4 is 5.91 Å². The molecule has 0 bridgehead atoms. The fourth-order valence-electron chi connectivity index (χ4n) is 2.09. The molecule has 1 N–H and O–H groups in total.